The van der Waals surface area contributed by atoms with Gasteiger partial charge in [0.2, 0.25) is 0 Å². The number of rotatable bonds is 4. The Morgan fingerprint density at radius 3 is 1.63 bits per heavy atom. The Hall–Kier alpha value is -3.72. The summed E-state index contributed by atoms with van der Waals surface area (Å²) in [6.45, 7) is 15.8. The van der Waals surface area contributed by atoms with Crippen LogP contribution in [-0.4, -0.2) is 11.8 Å². The molecule has 0 amide bonds. The number of hydrogen-bond donors (Lipinski definition) is 0. The van der Waals surface area contributed by atoms with E-state index in [2.05, 4.69) is 12.1 Å². The summed E-state index contributed by atoms with van der Waals surface area (Å²) >= 11 is 0. The summed E-state index contributed by atoms with van der Waals surface area (Å²) in [7, 11) is 0. The van der Waals surface area contributed by atoms with Crippen molar-refractivity contribution in [1.82, 2.24) is 0 Å². The molecule has 0 unspecified atom stereocenters. The van der Waals surface area contributed by atoms with E-state index in [0.29, 0.717) is 16.9 Å². The van der Waals surface area contributed by atoms with Crippen LogP contribution in [0.4, 0.5) is 0 Å². The first-order valence-electron chi connectivity index (χ1n) is 11.9. The topological polar surface area (TPSA) is 43.4 Å². The summed E-state index contributed by atoms with van der Waals surface area (Å²) in [6.07, 6.45) is 0. The Morgan fingerprint density at radius 2 is 1.09 bits per heavy atom. The first-order valence-corrected chi connectivity index (χ1v) is 11.9. The van der Waals surface area contributed by atoms with E-state index < -0.39 is 0 Å². The molecular weight excluding hydrogens is 432 g/mol. The van der Waals surface area contributed by atoms with Crippen LogP contribution < -0.4 is 4.74 Å². The van der Waals surface area contributed by atoms with Crippen molar-refractivity contribution in [3.05, 3.63) is 110 Å². The van der Waals surface area contributed by atoms with Gasteiger partial charge in [0.1, 0.15) is 5.75 Å². The third-order valence-corrected chi connectivity index (χ3v) is 6.82. The van der Waals surface area contributed by atoms with E-state index in [1.807, 2.05) is 91.8 Å². The van der Waals surface area contributed by atoms with Crippen molar-refractivity contribution >= 4 is 22.5 Å². The number of carbonyl (C=O) groups is 2. The zero-order valence-corrected chi connectivity index (χ0v) is 21.8. The molecule has 0 heterocycles. The second-order valence-corrected chi connectivity index (χ2v) is 9.84. The molecule has 0 aliphatic rings. The van der Waals surface area contributed by atoms with Gasteiger partial charge < -0.3 is 4.74 Å². The lowest BCUT2D eigenvalue weighted by Crippen LogP contribution is -2.13. The third-order valence-electron chi connectivity index (χ3n) is 6.82. The van der Waals surface area contributed by atoms with Crippen molar-refractivity contribution in [2.24, 2.45) is 0 Å². The minimum absolute atomic E-state index is 0.0276. The van der Waals surface area contributed by atoms with Crippen LogP contribution in [0.3, 0.4) is 0 Å². The molecule has 0 N–H and O–H groups in total. The molecule has 178 valence electrons. The molecule has 3 nitrogen and oxygen atoms in total. The smallest absolute Gasteiger partial charge is 0.344 e. The maximum absolute atomic E-state index is 13.4. The quantitative estimate of drug-likeness (QED) is 0.176. The fourth-order valence-corrected chi connectivity index (χ4v) is 5.30. The molecular formula is C32H32O3. The molecule has 0 fully saturated rings. The van der Waals surface area contributed by atoms with Gasteiger partial charge >= 0.3 is 5.97 Å². The molecule has 0 saturated carbocycles. The van der Waals surface area contributed by atoms with Crippen LogP contribution in [0.5, 0.6) is 5.75 Å². The zero-order chi connectivity index (χ0) is 25.6. The summed E-state index contributed by atoms with van der Waals surface area (Å²) in [4.78, 5) is 26.5. The van der Waals surface area contributed by atoms with Gasteiger partial charge in [-0.15, -0.1) is 0 Å². The minimum atomic E-state index is -0.348. The highest BCUT2D eigenvalue weighted by Gasteiger charge is 2.20. The molecule has 0 radical (unpaired) electrons. The Kier molecular flexibility index (Phi) is 6.38. The fraction of sp³-hybridized carbons (Fsp3) is 0.250. The van der Waals surface area contributed by atoms with Crippen molar-refractivity contribution < 1.29 is 14.3 Å². The Balaban J connectivity index is 1.73. The molecule has 3 heteroatoms. The van der Waals surface area contributed by atoms with Gasteiger partial charge in [0.25, 0.3) is 0 Å². The summed E-state index contributed by atoms with van der Waals surface area (Å²) < 4.78 is 5.91. The van der Waals surface area contributed by atoms with Crippen molar-refractivity contribution in [2.75, 3.05) is 0 Å². The van der Waals surface area contributed by atoms with Gasteiger partial charge in [-0.2, -0.15) is 0 Å². The fourth-order valence-electron chi connectivity index (χ4n) is 5.30. The second-order valence-electron chi connectivity index (χ2n) is 9.84. The van der Waals surface area contributed by atoms with E-state index in [0.717, 1.165) is 60.8 Å². The van der Waals surface area contributed by atoms with Crippen LogP contribution in [0, 0.1) is 55.4 Å². The van der Waals surface area contributed by atoms with Gasteiger partial charge in [0.05, 0.1) is 5.56 Å². The number of ether oxygens (including phenoxy) is 1. The van der Waals surface area contributed by atoms with Gasteiger partial charge in [-0.25, -0.2) is 4.79 Å². The normalized spacial score (nSPS) is 11.1. The summed E-state index contributed by atoms with van der Waals surface area (Å²) in [5.74, 6) is 0.224. The lowest BCUT2D eigenvalue weighted by Gasteiger charge is -2.16. The molecule has 0 atom stereocenters. The van der Waals surface area contributed by atoms with Crippen LogP contribution in [0.2, 0.25) is 0 Å². The van der Waals surface area contributed by atoms with E-state index in [4.69, 9.17) is 4.74 Å². The molecule has 0 aliphatic heterocycles. The molecule has 0 spiro atoms. The first-order chi connectivity index (χ1) is 16.5. The molecule has 35 heavy (non-hydrogen) atoms. The Bertz CT molecular complexity index is 1480. The SMILES string of the molecule is Cc1cc(C)c(C(=O)Oc2cc(C)c3cc(C(=O)c4c(C)cc(C)cc4C)ccc3c2C)c(C)c1. The van der Waals surface area contributed by atoms with E-state index in [-0.39, 0.29) is 11.8 Å². The molecule has 0 aliphatic carbocycles. The highest BCUT2D eigenvalue weighted by Crippen LogP contribution is 2.33. The zero-order valence-electron chi connectivity index (χ0n) is 21.8. The van der Waals surface area contributed by atoms with Crippen molar-refractivity contribution in [3.8, 4) is 5.75 Å². The maximum Gasteiger partial charge on any atom is 0.344 e. The van der Waals surface area contributed by atoms with Crippen LogP contribution in [0.25, 0.3) is 10.8 Å². The monoisotopic (exact) mass is 464 g/mol. The lowest BCUT2D eigenvalue weighted by molar-refractivity contribution is 0.0732. The predicted molar refractivity (Wildman–Crippen MR) is 143 cm³/mol. The van der Waals surface area contributed by atoms with Crippen LogP contribution in [0.15, 0.2) is 48.5 Å². The van der Waals surface area contributed by atoms with Crippen LogP contribution in [-0.2, 0) is 0 Å². The molecule has 0 bridgehead atoms. The highest BCUT2D eigenvalue weighted by atomic mass is 16.5. The Labute approximate surface area is 207 Å². The van der Waals surface area contributed by atoms with Gasteiger partial charge in [0.15, 0.2) is 5.78 Å². The van der Waals surface area contributed by atoms with Gasteiger partial charge in [-0.3, -0.25) is 4.79 Å². The summed E-state index contributed by atoms with van der Waals surface area (Å²) in [5.41, 5.74) is 9.94. The van der Waals surface area contributed by atoms with Crippen LogP contribution in [0.1, 0.15) is 70.8 Å². The van der Waals surface area contributed by atoms with E-state index >= 15 is 0 Å². The molecule has 4 aromatic rings. The van der Waals surface area contributed by atoms with Gasteiger partial charge in [0, 0.05) is 11.1 Å². The number of carbonyl (C=O) groups excluding carboxylic acids is 2. The first kappa shape index (κ1) is 24.4. The second kappa shape index (κ2) is 9.14. The van der Waals surface area contributed by atoms with Crippen molar-refractivity contribution in [1.29, 1.82) is 0 Å². The number of fused-ring (bicyclic) bond motifs is 1. The number of aryl methyl sites for hydroxylation is 8. The molecule has 4 rings (SSSR count). The van der Waals surface area contributed by atoms with Gasteiger partial charge in [-0.1, -0.05) is 47.5 Å². The van der Waals surface area contributed by atoms with Gasteiger partial charge in [-0.05, 0) is 112 Å². The number of benzene rings is 4. The Morgan fingerprint density at radius 1 is 0.571 bits per heavy atom. The standard InChI is InChI=1S/C32H32O3/c1-17-11-20(4)29(21(5)12-17)31(33)25-9-10-26-24(8)28(15-19(3)27(26)16-25)35-32(34)30-22(6)13-18(2)14-23(30)7/h9-16H,1-8H3. The number of hydrogen-bond acceptors (Lipinski definition) is 3. The number of ketones is 1. The average Bonchev–Trinajstić information content (AvgIpc) is 2.75. The summed E-state index contributed by atoms with van der Waals surface area (Å²) in [5, 5.41) is 1.96. The van der Waals surface area contributed by atoms with E-state index in [1.165, 1.54) is 0 Å². The summed E-state index contributed by atoms with van der Waals surface area (Å²) in [6, 6.07) is 15.8. The lowest BCUT2D eigenvalue weighted by atomic mass is 9.91. The van der Waals surface area contributed by atoms with E-state index in [1.54, 1.807) is 0 Å². The average molecular weight is 465 g/mol. The molecule has 0 saturated heterocycles. The van der Waals surface area contributed by atoms with Crippen molar-refractivity contribution in [3.63, 3.8) is 0 Å². The third kappa shape index (κ3) is 4.51. The maximum atomic E-state index is 13.4. The minimum Gasteiger partial charge on any atom is -0.423 e. The number of esters is 1. The van der Waals surface area contributed by atoms with Crippen LogP contribution >= 0.6 is 0 Å². The largest absolute Gasteiger partial charge is 0.423 e. The molecule has 0 aromatic heterocycles. The molecule has 4 aromatic carbocycles. The van der Waals surface area contributed by atoms with E-state index in [9.17, 15) is 9.59 Å². The van der Waals surface area contributed by atoms with Crippen molar-refractivity contribution in [2.45, 2.75) is 55.4 Å². The highest BCUT2D eigenvalue weighted by molar-refractivity contribution is 6.12. The predicted octanol–water partition coefficient (Wildman–Crippen LogP) is 7.76.